The minimum absolute atomic E-state index is 0.469. The second-order valence-electron chi connectivity index (χ2n) is 6.24. The van der Waals surface area contributed by atoms with E-state index in [1.165, 1.54) is 5.56 Å². The highest BCUT2D eigenvalue weighted by Gasteiger charge is 2.16. The van der Waals surface area contributed by atoms with E-state index in [4.69, 9.17) is 4.42 Å². The van der Waals surface area contributed by atoms with Crippen LogP contribution >= 0.6 is 0 Å². The van der Waals surface area contributed by atoms with Crippen molar-refractivity contribution >= 4 is 21.9 Å². The number of fused-ring (bicyclic) bond motifs is 3. The first-order chi connectivity index (χ1) is 11.1. The summed E-state index contributed by atoms with van der Waals surface area (Å²) in [5.41, 5.74) is 6.19. The van der Waals surface area contributed by atoms with Gasteiger partial charge in [-0.05, 0) is 42.2 Å². The lowest BCUT2D eigenvalue weighted by Crippen LogP contribution is -1.92. The molecule has 0 saturated carbocycles. The number of benzene rings is 1. The first kappa shape index (κ1) is 13.9. The molecular formula is C20H18N2O. The van der Waals surface area contributed by atoms with Gasteiger partial charge in [-0.25, -0.2) is 0 Å². The maximum atomic E-state index is 6.12. The molecule has 114 valence electrons. The van der Waals surface area contributed by atoms with E-state index in [0.29, 0.717) is 5.92 Å². The summed E-state index contributed by atoms with van der Waals surface area (Å²) in [6.45, 7) is 6.49. The molecule has 3 heterocycles. The Morgan fingerprint density at radius 2 is 1.87 bits per heavy atom. The van der Waals surface area contributed by atoms with Gasteiger partial charge >= 0.3 is 0 Å². The van der Waals surface area contributed by atoms with Crippen molar-refractivity contribution in [2.45, 2.75) is 26.7 Å². The Balaban J connectivity index is 2.06. The number of hydrogen-bond donors (Lipinski definition) is 0. The fourth-order valence-electron chi connectivity index (χ4n) is 3.05. The lowest BCUT2D eigenvalue weighted by molar-refractivity contribution is 0.667. The van der Waals surface area contributed by atoms with Crippen molar-refractivity contribution in [1.82, 2.24) is 9.97 Å². The molecule has 0 atom stereocenters. The van der Waals surface area contributed by atoms with Crippen molar-refractivity contribution in [2.75, 3.05) is 0 Å². The van der Waals surface area contributed by atoms with Crippen LogP contribution in [0.25, 0.3) is 33.2 Å². The van der Waals surface area contributed by atoms with Crippen LogP contribution in [0.1, 0.15) is 30.9 Å². The summed E-state index contributed by atoms with van der Waals surface area (Å²) in [4.78, 5) is 8.76. The molecule has 0 unspecified atom stereocenters. The molecule has 0 aliphatic heterocycles. The third-order valence-corrected chi connectivity index (χ3v) is 4.36. The topological polar surface area (TPSA) is 38.9 Å². The Kier molecular flexibility index (Phi) is 3.15. The van der Waals surface area contributed by atoms with E-state index in [0.717, 1.165) is 38.8 Å². The Bertz CT molecular complexity index is 1010. The summed E-state index contributed by atoms with van der Waals surface area (Å²) >= 11 is 0. The molecule has 0 N–H and O–H groups in total. The van der Waals surface area contributed by atoms with Crippen molar-refractivity contribution in [1.29, 1.82) is 0 Å². The van der Waals surface area contributed by atoms with Crippen LogP contribution in [-0.2, 0) is 0 Å². The van der Waals surface area contributed by atoms with Crippen LogP contribution < -0.4 is 0 Å². The van der Waals surface area contributed by atoms with Crippen molar-refractivity contribution in [2.24, 2.45) is 0 Å². The first-order valence-corrected chi connectivity index (χ1v) is 7.87. The number of aryl methyl sites for hydroxylation is 1. The third kappa shape index (κ3) is 2.20. The molecule has 0 spiro atoms. The molecule has 4 aromatic rings. The van der Waals surface area contributed by atoms with Gasteiger partial charge in [0.15, 0.2) is 5.58 Å². The van der Waals surface area contributed by atoms with Gasteiger partial charge in [-0.1, -0.05) is 26.0 Å². The van der Waals surface area contributed by atoms with Gasteiger partial charge in [0, 0.05) is 28.7 Å². The van der Waals surface area contributed by atoms with Crippen molar-refractivity contribution in [3.05, 3.63) is 60.0 Å². The van der Waals surface area contributed by atoms with E-state index >= 15 is 0 Å². The molecule has 0 aliphatic carbocycles. The zero-order valence-corrected chi connectivity index (χ0v) is 13.5. The molecular weight excluding hydrogens is 284 g/mol. The lowest BCUT2D eigenvalue weighted by atomic mass is 9.97. The van der Waals surface area contributed by atoms with Gasteiger partial charge in [0.25, 0.3) is 0 Å². The van der Waals surface area contributed by atoms with Gasteiger partial charge in [-0.3, -0.25) is 9.97 Å². The summed E-state index contributed by atoms with van der Waals surface area (Å²) in [7, 11) is 0. The van der Waals surface area contributed by atoms with Crippen molar-refractivity contribution < 1.29 is 4.42 Å². The minimum Gasteiger partial charge on any atom is -0.454 e. The number of hydrogen-bond acceptors (Lipinski definition) is 3. The second kappa shape index (κ2) is 5.20. The molecule has 0 aliphatic rings. The third-order valence-electron chi connectivity index (χ3n) is 4.36. The average molecular weight is 302 g/mol. The molecule has 0 bridgehead atoms. The van der Waals surface area contributed by atoms with Crippen molar-refractivity contribution in [3.8, 4) is 11.3 Å². The van der Waals surface area contributed by atoms with Crippen LogP contribution in [0.5, 0.6) is 0 Å². The predicted molar refractivity (Wildman–Crippen MR) is 93.6 cm³/mol. The molecule has 1 aromatic carbocycles. The van der Waals surface area contributed by atoms with Crippen LogP contribution in [0, 0.1) is 6.92 Å². The van der Waals surface area contributed by atoms with Crippen LogP contribution in [-0.4, -0.2) is 9.97 Å². The van der Waals surface area contributed by atoms with E-state index < -0.39 is 0 Å². The van der Waals surface area contributed by atoms with E-state index in [1.54, 1.807) is 12.4 Å². The van der Waals surface area contributed by atoms with E-state index in [9.17, 15) is 0 Å². The predicted octanol–water partition coefficient (Wildman–Crippen LogP) is 5.47. The highest BCUT2D eigenvalue weighted by atomic mass is 16.3. The zero-order valence-electron chi connectivity index (χ0n) is 13.5. The second-order valence-corrected chi connectivity index (χ2v) is 6.24. The van der Waals surface area contributed by atoms with Gasteiger partial charge < -0.3 is 4.42 Å². The standard InChI is InChI=1S/C20H18N2O/c1-12(2)14-6-9-22-17(10-14)19-13(3)4-5-16-15-7-8-21-11-18(15)23-20(16)19/h4-12H,1-3H3. The van der Waals surface area contributed by atoms with E-state index in [-0.39, 0.29) is 0 Å². The number of aromatic nitrogens is 2. The van der Waals surface area contributed by atoms with E-state index in [1.807, 2.05) is 12.3 Å². The van der Waals surface area contributed by atoms with Crippen LogP contribution in [0.3, 0.4) is 0 Å². The molecule has 0 radical (unpaired) electrons. The van der Waals surface area contributed by atoms with Gasteiger partial charge in [0.05, 0.1) is 11.9 Å². The van der Waals surface area contributed by atoms with Crippen LogP contribution in [0.4, 0.5) is 0 Å². The Morgan fingerprint density at radius 1 is 1.00 bits per heavy atom. The van der Waals surface area contributed by atoms with E-state index in [2.05, 4.69) is 55.0 Å². The van der Waals surface area contributed by atoms with Crippen molar-refractivity contribution in [3.63, 3.8) is 0 Å². The van der Waals surface area contributed by atoms with Gasteiger partial charge in [0.1, 0.15) is 5.58 Å². The SMILES string of the molecule is Cc1ccc2c(oc3cnccc32)c1-c1cc(C(C)C)ccn1. The molecule has 0 amide bonds. The number of furan rings is 1. The van der Waals surface area contributed by atoms with Crippen LogP contribution in [0.2, 0.25) is 0 Å². The highest BCUT2D eigenvalue weighted by Crippen LogP contribution is 2.37. The summed E-state index contributed by atoms with van der Waals surface area (Å²) < 4.78 is 6.12. The summed E-state index contributed by atoms with van der Waals surface area (Å²) in [6, 6.07) is 10.5. The van der Waals surface area contributed by atoms with Gasteiger partial charge in [-0.15, -0.1) is 0 Å². The average Bonchev–Trinajstić information content (AvgIpc) is 2.93. The van der Waals surface area contributed by atoms with Gasteiger partial charge in [-0.2, -0.15) is 0 Å². The maximum Gasteiger partial charge on any atom is 0.153 e. The van der Waals surface area contributed by atoms with Crippen LogP contribution in [0.15, 0.2) is 53.3 Å². The first-order valence-electron chi connectivity index (χ1n) is 7.87. The molecule has 0 fully saturated rings. The molecule has 23 heavy (non-hydrogen) atoms. The monoisotopic (exact) mass is 302 g/mol. The minimum atomic E-state index is 0.469. The fraction of sp³-hybridized carbons (Fsp3) is 0.200. The number of pyridine rings is 2. The highest BCUT2D eigenvalue weighted by molar-refractivity contribution is 6.09. The smallest absolute Gasteiger partial charge is 0.153 e. The maximum absolute atomic E-state index is 6.12. The fourth-order valence-corrected chi connectivity index (χ4v) is 3.05. The Morgan fingerprint density at radius 3 is 2.70 bits per heavy atom. The molecule has 4 rings (SSSR count). The summed E-state index contributed by atoms with van der Waals surface area (Å²) in [6.07, 6.45) is 5.45. The summed E-state index contributed by atoms with van der Waals surface area (Å²) in [5, 5.41) is 2.20. The largest absolute Gasteiger partial charge is 0.454 e. The number of nitrogens with zero attached hydrogens (tertiary/aromatic N) is 2. The molecule has 3 heteroatoms. The lowest BCUT2D eigenvalue weighted by Gasteiger charge is -2.10. The molecule has 3 aromatic heterocycles. The zero-order chi connectivity index (χ0) is 16.0. The summed E-state index contributed by atoms with van der Waals surface area (Å²) in [5.74, 6) is 0.469. The quantitative estimate of drug-likeness (QED) is 0.492. The molecule has 3 nitrogen and oxygen atoms in total. The number of rotatable bonds is 2. The normalized spacial score (nSPS) is 11.7. The van der Waals surface area contributed by atoms with Gasteiger partial charge in [0.2, 0.25) is 0 Å². The Labute approximate surface area is 135 Å². The Hall–Kier alpha value is -2.68. The molecule has 0 saturated heterocycles.